The highest BCUT2D eigenvalue weighted by Gasteiger charge is 1.86. The van der Waals surface area contributed by atoms with Crippen LogP contribution in [0.4, 0.5) is 0 Å². The second kappa shape index (κ2) is 1.58. The van der Waals surface area contributed by atoms with Crippen LogP contribution in [0.25, 0.3) is 5.52 Å². The maximum absolute atomic E-state index is 3.84. The van der Waals surface area contributed by atoms with Crippen molar-refractivity contribution in [3.8, 4) is 0 Å². The van der Waals surface area contributed by atoms with Gasteiger partial charge in [0.2, 0.25) is 0 Å². The highest BCUT2D eigenvalue weighted by molar-refractivity contribution is 5.43. The number of pyridine rings is 1. The van der Waals surface area contributed by atoms with Gasteiger partial charge in [0, 0.05) is 6.20 Å². The minimum Gasteiger partial charge on any atom is -0.297 e. The van der Waals surface area contributed by atoms with Crippen molar-refractivity contribution in [1.29, 1.82) is 0 Å². The molecule has 1 radical (unpaired) electrons. The molecule has 0 N–H and O–H groups in total. The molecule has 0 saturated carbocycles. The van der Waals surface area contributed by atoms with E-state index < -0.39 is 0 Å². The molecule has 0 aliphatic carbocycles. The molecule has 2 aromatic heterocycles. The number of aromatic nitrogens is 2. The third-order valence-corrected chi connectivity index (χ3v) is 1.25. The van der Waals surface area contributed by atoms with Crippen LogP contribution in [0.1, 0.15) is 0 Å². The van der Waals surface area contributed by atoms with E-state index >= 15 is 0 Å². The van der Waals surface area contributed by atoms with E-state index in [0.717, 1.165) is 5.52 Å². The Labute approximate surface area is 52.8 Å². The summed E-state index contributed by atoms with van der Waals surface area (Å²) in [6, 6.07) is 5.92. The van der Waals surface area contributed by atoms with Gasteiger partial charge < -0.3 is 0 Å². The molecule has 9 heavy (non-hydrogen) atoms. The molecule has 0 aliphatic rings. The summed E-state index contributed by atoms with van der Waals surface area (Å²) in [5, 5.41) is 0. The first kappa shape index (κ1) is 4.56. The van der Waals surface area contributed by atoms with Gasteiger partial charge in [-0.3, -0.25) is 4.40 Å². The lowest BCUT2D eigenvalue weighted by Gasteiger charge is -1.86. The van der Waals surface area contributed by atoms with Gasteiger partial charge in [-0.15, -0.1) is 0 Å². The molecule has 0 unspecified atom stereocenters. The number of rotatable bonds is 0. The van der Waals surface area contributed by atoms with Crippen molar-refractivity contribution in [3.63, 3.8) is 0 Å². The molecule has 0 saturated heterocycles. The molecule has 43 valence electrons. The molecule has 0 spiro atoms. The summed E-state index contributed by atoms with van der Waals surface area (Å²) in [5.74, 6) is 0. The zero-order valence-corrected chi connectivity index (χ0v) is 4.78. The summed E-state index contributed by atoms with van der Waals surface area (Å²) in [6.45, 7) is 0. The van der Waals surface area contributed by atoms with Crippen LogP contribution in [0.5, 0.6) is 0 Å². The first-order valence-corrected chi connectivity index (χ1v) is 2.76. The van der Waals surface area contributed by atoms with E-state index in [9.17, 15) is 0 Å². The summed E-state index contributed by atoms with van der Waals surface area (Å²) in [6.07, 6.45) is 6.48. The van der Waals surface area contributed by atoms with Gasteiger partial charge in [-0.25, -0.2) is 4.98 Å². The Hall–Kier alpha value is -1.31. The van der Waals surface area contributed by atoms with Crippen LogP contribution in [0, 0.1) is 6.33 Å². The maximum Gasteiger partial charge on any atom is 0.181 e. The van der Waals surface area contributed by atoms with Crippen molar-refractivity contribution in [2.75, 3.05) is 0 Å². The van der Waals surface area contributed by atoms with E-state index in [1.165, 1.54) is 0 Å². The second-order valence-corrected chi connectivity index (χ2v) is 1.85. The Balaban J connectivity index is 2.95. The first-order valence-electron chi connectivity index (χ1n) is 2.76. The summed E-state index contributed by atoms with van der Waals surface area (Å²) >= 11 is 0. The highest BCUT2D eigenvalue weighted by atomic mass is 15.0. The zero-order chi connectivity index (χ0) is 6.10. The fourth-order valence-electron chi connectivity index (χ4n) is 0.810. The smallest absolute Gasteiger partial charge is 0.181 e. The maximum atomic E-state index is 3.84. The van der Waals surface area contributed by atoms with Gasteiger partial charge >= 0.3 is 0 Å². The van der Waals surface area contributed by atoms with Gasteiger partial charge in [-0.05, 0) is 12.1 Å². The third-order valence-electron chi connectivity index (χ3n) is 1.25. The molecule has 2 nitrogen and oxygen atoms in total. The van der Waals surface area contributed by atoms with Crippen molar-refractivity contribution in [2.24, 2.45) is 0 Å². The highest BCUT2D eigenvalue weighted by Crippen LogP contribution is 1.97. The van der Waals surface area contributed by atoms with E-state index in [2.05, 4.69) is 11.3 Å². The molecule has 0 amide bonds. The molecule has 0 aliphatic heterocycles. The van der Waals surface area contributed by atoms with E-state index in [1.54, 1.807) is 6.20 Å². The van der Waals surface area contributed by atoms with Crippen LogP contribution in [0.3, 0.4) is 0 Å². The van der Waals surface area contributed by atoms with Gasteiger partial charge in [0.1, 0.15) is 0 Å². The third kappa shape index (κ3) is 0.598. The summed E-state index contributed by atoms with van der Waals surface area (Å²) < 4.78 is 1.85. The predicted molar refractivity (Wildman–Crippen MR) is 34.0 cm³/mol. The van der Waals surface area contributed by atoms with Gasteiger partial charge in [0.25, 0.3) is 0 Å². The topological polar surface area (TPSA) is 17.3 Å². The van der Waals surface area contributed by atoms with Gasteiger partial charge in [0.15, 0.2) is 6.33 Å². The van der Waals surface area contributed by atoms with Crippen molar-refractivity contribution < 1.29 is 0 Å². The van der Waals surface area contributed by atoms with Crippen LogP contribution in [-0.2, 0) is 0 Å². The minimum absolute atomic E-state index is 1.08. The molecule has 2 heteroatoms. The van der Waals surface area contributed by atoms with Gasteiger partial charge in [-0.1, -0.05) is 6.07 Å². The largest absolute Gasteiger partial charge is 0.297 e. The summed E-state index contributed by atoms with van der Waals surface area (Å²) in [5.41, 5.74) is 1.08. The molecular weight excluding hydrogens is 112 g/mol. The predicted octanol–water partition coefficient (Wildman–Crippen LogP) is 1.13. The first-order chi connectivity index (χ1) is 4.47. The fraction of sp³-hybridized carbons (Fsp3) is 0. The Bertz CT molecular complexity index is 281. The Morgan fingerprint density at radius 2 is 2.44 bits per heavy atom. The number of hydrogen-bond donors (Lipinski definition) is 0. The fourth-order valence-corrected chi connectivity index (χ4v) is 0.810. The number of nitrogens with zero attached hydrogens (tertiary/aromatic N) is 2. The molecular formula is C7H5N2. The lowest BCUT2D eigenvalue weighted by atomic mass is 10.4. The lowest BCUT2D eigenvalue weighted by molar-refractivity contribution is 1.14. The van der Waals surface area contributed by atoms with Crippen molar-refractivity contribution in [2.45, 2.75) is 0 Å². The Kier molecular flexibility index (Phi) is 0.803. The van der Waals surface area contributed by atoms with Crippen molar-refractivity contribution in [3.05, 3.63) is 36.9 Å². The summed E-state index contributed by atoms with van der Waals surface area (Å²) in [7, 11) is 0. The van der Waals surface area contributed by atoms with E-state index in [0.29, 0.717) is 0 Å². The number of imidazole rings is 1. The van der Waals surface area contributed by atoms with Crippen LogP contribution >= 0.6 is 0 Å². The lowest BCUT2D eigenvalue weighted by Crippen LogP contribution is -1.76. The van der Waals surface area contributed by atoms with Crippen LogP contribution in [0.15, 0.2) is 30.6 Å². The molecule has 0 fully saturated rings. The van der Waals surface area contributed by atoms with Crippen LogP contribution in [-0.4, -0.2) is 9.38 Å². The molecule has 0 aromatic carbocycles. The molecule has 0 atom stereocenters. The zero-order valence-electron chi connectivity index (χ0n) is 4.78. The van der Waals surface area contributed by atoms with E-state index in [-0.39, 0.29) is 0 Å². The SMILES string of the molecule is [c]1ncc2ccccn12. The standard InChI is InChI=1S/C7H5N2/c1-2-4-9-6-8-5-7(9)3-1/h1-5H. The van der Waals surface area contributed by atoms with Gasteiger partial charge in [-0.2, -0.15) is 0 Å². The van der Waals surface area contributed by atoms with E-state index in [1.807, 2.05) is 28.8 Å². The average Bonchev–Trinajstić information content (AvgIpc) is 2.33. The monoisotopic (exact) mass is 117 g/mol. The van der Waals surface area contributed by atoms with Crippen molar-refractivity contribution in [1.82, 2.24) is 9.38 Å². The van der Waals surface area contributed by atoms with Crippen molar-refractivity contribution >= 4 is 5.52 Å². The molecule has 2 heterocycles. The number of hydrogen-bond acceptors (Lipinski definition) is 1. The number of fused-ring (bicyclic) bond motifs is 1. The quantitative estimate of drug-likeness (QED) is 0.505. The summed E-state index contributed by atoms with van der Waals surface area (Å²) in [4.78, 5) is 3.84. The molecule has 0 bridgehead atoms. The van der Waals surface area contributed by atoms with Crippen LogP contribution in [0.2, 0.25) is 0 Å². The Morgan fingerprint density at radius 1 is 1.44 bits per heavy atom. The molecule has 2 aromatic rings. The minimum atomic E-state index is 1.08. The van der Waals surface area contributed by atoms with E-state index in [4.69, 9.17) is 0 Å². The average molecular weight is 117 g/mol. The van der Waals surface area contributed by atoms with Crippen LogP contribution < -0.4 is 0 Å². The molecule has 2 rings (SSSR count). The van der Waals surface area contributed by atoms with Gasteiger partial charge in [0.05, 0.1) is 11.7 Å². The normalized spacial score (nSPS) is 10.2. The Morgan fingerprint density at radius 3 is 3.33 bits per heavy atom. The second-order valence-electron chi connectivity index (χ2n) is 1.85.